The molecule has 4 rings (SSSR count). The van der Waals surface area contributed by atoms with E-state index in [1.807, 2.05) is 61.6 Å². The highest BCUT2D eigenvalue weighted by atomic mass is 79.9. The zero-order valence-corrected chi connectivity index (χ0v) is 18.0. The molecule has 0 atom stereocenters. The lowest BCUT2D eigenvalue weighted by atomic mass is 10.00. The average molecular weight is 459 g/mol. The number of nitrogens with two attached hydrogens (primary N) is 1. The second-order valence-electron chi connectivity index (χ2n) is 6.90. The Labute approximate surface area is 183 Å². The molecule has 6 nitrogen and oxygen atoms in total. The average Bonchev–Trinajstić information content (AvgIpc) is 2.77. The molecule has 148 valence electrons. The van der Waals surface area contributed by atoms with Crippen molar-refractivity contribution in [1.29, 1.82) is 5.26 Å². The van der Waals surface area contributed by atoms with Gasteiger partial charge in [-0.2, -0.15) is 5.26 Å². The van der Waals surface area contributed by atoms with E-state index in [0.717, 1.165) is 37.9 Å². The van der Waals surface area contributed by atoms with Gasteiger partial charge in [-0.25, -0.2) is 15.0 Å². The van der Waals surface area contributed by atoms with Crippen molar-refractivity contribution in [3.8, 4) is 28.5 Å². The monoisotopic (exact) mass is 458 g/mol. The maximum absolute atomic E-state index is 8.79. The van der Waals surface area contributed by atoms with Crippen LogP contribution in [0.4, 0.5) is 11.5 Å². The van der Waals surface area contributed by atoms with Crippen molar-refractivity contribution >= 4 is 38.5 Å². The molecular formula is C23H19BrN6. The Bertz CT molecular complexity index is 1250. The molecule has 0 saturated carbocycles. The predicted molar refractivity (Wildman–Crippen MR) is 124 cm³/mol. The minimum Gasteiger partial charge on any atom is -0.383 e. The number of fused-ring (bicyclic) bond motifs is 1. The van der Waals surface area contributed by atoms with E-state index in [1.165, 1.54) is 6.33 Å². The Balaban J connectivity index is 1.82. The van der Waals surface area contributed by atoms with Gasteiger partial charge in [0, 0.05) is 29.3 Å². The molecule has 2 aromatic carbocycles. The SMILES string of the molecule is CN(CCC#N)c1ccc(-c2cc(-c3cccc(Br)c3)c3c(N)ncnc3n2)cc1. The standard InChI is InChI=1S/C23H19BrN6/c1-30(11-3-10-25)18-8-6-15(7-9-18)20-13-19(16-4-2-5-17(24)12-16)21-22(26)27-14-28-23(21)29-20/h2,4-9,12-14H,3,11H2,1H3,(H2,26,27,28,29). The number of hydrogen-bond acceptors (Lipinski definition) is 6. The molecule has 4 aromatic rings. The number of halogens is 1. The van der Waals surface area contributed by atoms with Gasteiger partial charge in [0.25, 0.3) is 0 Å². The van der Waals surface area contributed by atoms with Gasteiger partial charge in [0.1, 0.15) is 12.1 Å². The summed E-state index contributed by atoms with van der Waals surface area (Å²) in [5.74, 6) is 0.406. The van der Waals surface area contributed by atoms with Gasteiger partial charge >= 0.3 is 0 Å². The summed E-state index contributed by atoms with van der Waals surface area (Å²) in [5.41, 5.74) is 11.5. The van der Waals surface area contributed by atoms with Gasteiger partial charge in [0.15, 0.2) is 5.65 Å². The normalized spacial score (nSPS) is 10.7. The molecule has 0 aliphatic carbocycles. The molecule has 0 fully saturated rings. The smallest absolute Gasteiger partial charge is 0.165 e. The molecule has 0 unspecified atom stereocenters. The number of pyridine rings is 1. The van der Waals surface area contributed by atoms with Crippen LogP contribution < -0.4 is 10.6 Å². The lowest BCUT2D eigenvalue weighted by molar-refractivity contribution is 0.905. The number of aromatic nitrogens is 3. The van der Waals surface area contributed by atoms with E-state index in [0.29, 0.717) is 24.4 Å². The third-order valence-electron chi connectivity index (χ3n) is 4.93. The van der Waals surface area contributed by atoms with Crippen LogP contribution in [0, 0.1) is 11.3 Å². The Morgan fingerprint density at radius 2 is 1.87 bits per heavy atom. The van der Waals surface area contributed by atoms with Gasteiger partial charge < -0.3 is 10.6 Å². The third-order valence-corrected chi connectivity index (χ3v) is 5.43. The molecule has 2 N–H and O–H groups in total. The Morgan fingerprint density at radius 1 is 1.07 bits per heavy atom. The minimum atomic E-state index is 0.406. The topological polar surface area (TPSA) is 91.7 Å². The summed E-state index contributed by atoms with van der Waals surface area (Å²) in [4.78, 5) is 15.3. The van der Waals surface area contributed by atoms with Crippen LogP contribution in [0.1, 0.15) is 6.42 Å². The molecule has 30 heavy (non-hydrogen) atoms. The minimum absolute atomic E-state index is 0.406. The van der Waals surface area contributed by atoms with Crippen LogP contribution in [0.15, 0.2) is 65.4 Å². The lowest BCUT2D eigenvalue weighted by Crippen LogP contribution is -2.17. The van der Waals surface area contributed by atoms with Gasteiger partial charge in [-0.3, -0.25) is 0 Å². The number of nitrogens with zero attached hydrogens (tertiary/aromatic N) is 5. The van der Waals surface area contributed by atoms with Crippen molar-refractivity contribution in [2.24, 2.45) is 0 Å². The summed E-state index contributed by atoms with van der Waals surface area (Å²) in [7, 11) is 1.98. The van der Waals surface area contributed by atoms with Crippen molar-refractivity contribution in [3.63, 3.8) is 0 Å². The molecule has 0 amide bonds. The Hall–Kier alpha value is -3.50. The van der Waals surface area contributed by atoms with Crippen LogP contribution in [0.25, 0.3) is 33.4 Å². The fourth-order valence-electron chi connectivity index (χ4n) is 3.35. The Kier molecular flexibility index (Phi) is 5.59. The first kappa shape index (κ1) is 19.8. The van der Waals surface area contributed by atoms with Crippen LogP contribution >= 0.6 is 15.9 Å². The summed E-state index contributed by atoms with van der Waals surface area (Å²) < 4.78 is 0.978. The van der Waals surface area contributed by atoms with Gasteiger partial charge in [0.05, 0.1) is 23.6 Å². The van der Waals surface area contributed by atoms with Crippen molar-refractivity contribution in [2.75, 3.05) is 24.2 Å². The molecular weight excluding hydrogens is 440 g/mol. The summed E-state index contributed by atoms with van der Waals surface area (Å²) in [5, 5.41) is 9.53. The maximum Gasteiger partial charge on any atom is 0.165 e. The van der Waals surface area contributed by atoms with E-state index in [4.69, 9.17) is 16.0 Å². The molecule has 0 aliphatic heterocycles. The van der Waals surface area contributed by atoms with Gasteiger partial charge in [-0.15, -0.1) is 0 Å². The molecule has 2 aromatic heterocycles. The van der Waals surface area contributed by atoms with E-state index in [9.17, 15) is 0 Å². The molecule has 0 spiro atoms. The maximum atomic E-state index is 8.79. The number of hydrogen-bond donors (Lipinski definition) is 1. The van der Waals surface area contributed by atoms with Crippen LogP contribution in [0.2, 0.25) is 0 Å². The highest BCUT2D eigenvalue weighted by Gasteiger charge is 2.14. The molecule has 0 aliphatic rings. The van der Waals surface area contributed by atoms with Crippen LogP contribution in [0.3, 0.4) is 0 Å². The zero-order chi connectivity index (χ0) is 21.1. The number of benzene rings is 2. The highest BCUT2D eigenvalue weighted by Crippen LogP contribution is 2.35. The van der Waals surface area contributed by atoms with Crippen LogP contribution in [-0.4, -0.2) is 28.5 Å². The number of nitrogen functional groups attached to an aromatic ring is 1. The second kappa shape index (κ2) is 8.47. The molecule has 7 heteroatoms. The molecule has 0 radical (unpaired) electrons. The van der Waals surface area contributed by atoms with Gasteiger partial charge in [0.2, 0.25) is 0 Å². The number of anilines is 2. The molecule has 0 saturated heterocycles. The highest BCUT2D eigenvalue weighted by molar-refractivity contribution is 9.10. The predicted octanol–water partition coefficient (Wildman–Crippen LogP) is 5.05. The van der Waals surface area contributed by atoms with Crippen molar-refractivity contribution in [1.82, 2.24) is 15.0 Å². The summed E-state index contributed by atoms with van der Waals surface area (Å²) in [6, 6.07) is 20.4. The Morgan fingerprint density at radius 3 is 2.60 bits per heavy atom. The largest absolute Gasteiger partial charge is 0.383 e. The van der Waals surface area contributed by atoms with Gasteiger partial charge in [-0.1, -0.05) is 40.2 Å². The summed E-state index contributed by atoms with van der Waals surface area (Å²) in [6.07, 6.45) is 1.92. The van der Waals surface area contributed by atoms with E-state index in [1.54, 1.807) is 0 Å². The first-order chi connectivity index (χ1) is 14.6. The first-order valence-corrected chi connectivity index (χ1v) is 10.2. The van der Waals surface area contributed by atoms with Crippen molar-refractivity contribution in [2.45, 2.75) is 6.42 Å². The quantitative estimate of drug-likeness (QED) is 0.449. The lowest BCUT2D eigenvalue weighted by Gasteiger charge is -2.18. The second-order valence-corrected chi connectivity index (χ2v) is 7.82. The zero-order valence-electron chi connectivity index (χ0n) is 16.4. The fourth-order valence-corrected chi connectivity index (χ4v) is 3.75. The molecule has 2 heterocycles. The van der Waals surface area contributed by atoms with E-state index < -0.39 is 0 Å². The summed E-state index contributed by atoms with van der Waals surface area (Å²) in [6.45, 7) is 0.688. The van der Waals surface area contributed by atoms with Gasteiger partial charge in [-0.05, 0) is 41.5 Å². The van der Waals surface area contributed by atoms with E-state index in [2.05, 4.69) is 36.9 Å². The molecule has 0 bridgehead atoms. The van der Waals surface area contributed by atoms with E-state index in [-0.39, 0.29) is 0 Å². The summed E-state index contributed by atoms with van der Waals surface area (Å²) >= 11 is 3.54. The first-order valence-electron chi connectivity index (χ1n) is 9.42. The van der Waals surface area contributed by atoms with E-state index >= 15 is 0 Å². The van der Waals surface area contributed by atoms with Crippen molar-refractivity contribution < 1.29 is 0 Å². The third kappa shape index (κ3) is 3.95. The van der Waals surface area contributed by atoms with Crippen LogP contribution in [-0.2, 0) is 0 Å². The number of rotatable bonds is 5. The fraction of sp³-hybridized carbons (Fsp3) is 0.130. The number of nitriles is 1. The van der Waals surface area contributed by atoms with Crippen LogP contribution in [0.5, 0.6) is 0 Å². The van der Waals surface area contributed by atoms with Crippen molar-refractivity contribution in [3.05, 3.63) is 65.4 Å².